The maximum atomic E-state index is 12.6. The largest absolute Gasteiger partial charge is 0.396 e. The molecule has 1 saturated carbocycles. The topological polar surface area (TPSA) is 69.6 Å². The summed E-state index contributed by atoms with van der Waals surface area (Å²) in [6.45, 7) is 7.31. The number of nitrogens with zero attached hydrogens (tertiary/aromatic N) is 1. The second-order valence-corrected chi connectivity index (χ2v) is 8.51. The number of hydrogen-bond acceptors (Lipinski definition) is 3. The predicted molar refractivity (Wildman–Crippen MR) is 94.4 cm³/mol. The van der Waals surface area contributed by atoms with E-state index in [1.54, 1.807) is 0 Å². The molecule has 5 nitrogen and oxygen atoms in total. The van der Waals surface area contributed by atoms with Crippen molar-refractivity contribution in [1.29, 1.82) is 0 Å². The van der Waals surface area contributed by atoms with E-state index in [-0.39, 0.29) is 41.7 Å². The van der Waals surface area contributed by atoms with Crippen LogP contribution in [-0.2, 0) is 9.59 Å². The van der Waals surface area contributed by atoms with E-state index in [1.807, 2.05) is 25.7 Å². The fourth-order valence-corrected chi connectivity index (χ4v) is 3.91. The molecule has 1 heterocycles. The zero-order valence-corrected chi connectivity index (χ0v) is 15.5. The highest BCUT2D eigenvalue weighted by Crippen LogP contribution is 2.26. The highest BCUT2D eigenvalue weighted by molar-refractivity contribution is 5.82. The Labute approximate surface area is 146 Å². The van der Waals surface area contributed by atoms with Crippen LogP contribution >= 0.6 is 0 Å². The van der Waals surface area contributed by atoms with Gasteiger partial charge in [-0.3, -0.25) is 9.59 Å². The Bertz CT molecular complexity index is 436. The molecule has 2 amide bonds. The molecule has 24 heavy (non-hydrogen) atoms. The maximum absolute atomic E-state index is 12.6. The average molecular weight is 338 g/mol. The number of hydrogen-bond donors (Lipinski definition) is 2. The maximum Gasteiger partial charge on any atom is 0.227 e. The van der Waals surface area contributed by atoms with Crippen molar-refractivity contribution in [2.24, 2.45) is 17.3 Å². The summed E-state index contributed by atoms with van der Waals surface area (Å²) in [6.07, 6.45) is 6.91. The summed E-state index contributed by atoms with van der Waals surface area (Å²) < 4.78 is 0. The van der Waals surface area contributed by atoms with Crippen molar-refractivity contribution in [2.45, 2.75) is 71.8 Å². The second-order valence-electron chi connectivity index (χ2n) is 8.51. The van der Waals surface area contributed by atoms with E-state index in [1.165, 1.54) is 6.42 Å². The number of carbonyl (C=O) groups is 2. The van der Waals surface area contributed by atoms with Gasteiger partial charge in [-0.25, -0.2) is 0 Å². The van der Waals surface area contributed by atoms with E-state index < -0.39 is 0 Å². The highest BCUT2D eigenvalue weighted by Gasteiger charge is 2.33. The van der Waals surface area contributed by atoms with Crippen molar-refractivity contribution in [2.75, 3.05) is 19.7 Å². The number of rotatable bonds is 3. The zero-order valence-electron chi connectivity index (χ0n) is 15.5. The summed E-state index contributed by atoms with van der Waals surface area (Å²) in [6, 6.07) is 0.110. The van der Waals surface area contributed by atoms with Crippen molar-refractivity contribution >= 4 is 11.8 Å². The molecule has 0 aromatic heterocycles. The molecule has 138 valence electrons. The molecule has 2 atom stereocenters. The molecule has 2 N–H and O–H groups in total. The zero-order chi connectivity index (χ0) is 17.7. The third-order valence-corrected chi connectivity index (χ3v) is 5.52. The van der Waals surface area contributed by atoms with Gasteiger partial charge in [-0.15, -0.1) is 0 Å². The Morgan fingerprint density at radius 1 is 1.04 bits per heavy atom. The van der Waals surface area contributed by atoms with Crippen molar-refractivity contribution in [1.82, 2.24) is 10.2 Å². The number of aliphatic hydroxyl groups is 1. The predicted octanol–water partition coefficient (Wildman–Crippen LogP) is 2.33. The molecule has 1 aliphatic carbocycles. The van der Waals surface area contributed by atoms with E-state index >= 15 is 0 Å². The Morgan fingerprint density at radius 3 is 2.25 bits per heavy atom. The quantitative estimate of drug-likeness (QED) is 0.776. The van der Waals surface area contributed by atoms with Crippen LogP contribution in [0.25, 0.3) is 0 Å². The van der Waals surface area contributed by atoms with Crippen LogP contribution in [0.1, 0.15) is 65.7 Å². The lowest BCUT2D eigenvalue weighted by atomic mass is 9.90. The molecule has 5 heteroatoms. The van der Waals surface area contributed by atoms with Gasteiger partial charge in [0.2, 0.25) is 11.8 Å². The summed E-state index contributed by atoms with van der Waals surface area (Å²) in [4.78, 5) is 26.8. The minimum absolute atomic E-state index is 0.00313. The molecule has 0 radical (unpaired) electrons. The second kappa shape index (κ2) is 8.32. The van der Waals surface area contributed by atoms with E-state index in [0.29, 0.717) is 13.1 Å². The van der Waals surface area contributed by atoms with E-state index in [2.05, 4.69) is 5.32 Å². The first-order valence-corrected chi connectivity index (χ1v) is 9.53. The first kappa shape index (κ1) is 19.2. The van der Waals surface area contributed by atoms with Gasteiger partial charge in [-0.1, -0.05) is 40.0 Å². The normalized spacial score (nSPS) is 26.8. The molecule has 0 aromatic rings. The Morgan fingerprint density at radius 2 is 1.67 bits per heavy atom. The first-order chi connectivity index (χ1) is 11.3. The summed E-state index contributed by atoms with van der Waals surface area (Å²) in [5, 5.41) is 12.8. The van der Waals surface area contributed by atoms with Crippen molar-refractivity contribution in [3.63, 3.8) is 0 Å². The SMILES string of the molecule is CC(C)(C)C(=O)N1CCC(C(=O)NC2CCCCCC2CO)CC1. The number of aliphatic hydroxyl groups excluding tert-OH is 1. The van der Waals surface area contributed by atoms with Crippen LogP contribution in [0.5, 0.6) is 0 Å². The van der Waals surface area contributed by atoms with Gasteiger partial charge in [0, 0.05) is 43.0 Å². The molecule has 2 fully saturated rings. The third-order valence-electron chi connectivity index (χ3n) is 5.52. The summed E-state index contributed by atoms with van der Waals surface area (Å²) in [7, 11) is 0. The van der Waals surface area contributed by atoms with E-state index in [9.17, 15) is 14.7 Å². The van der Waals surface area contributed by atoms with E-state index in [0.717, 1.165) is 38.5 Å². The third kappa shape index (κ3) is 4.95. The number of likely N-dealkylation sites (tertiary alicyclic amines) is 1. The van der Waals surface area contributed by atoms with Crippen molar-refractivity contribution < 1.29 is 14.7 Å². The summed E-state index contributed by atoms with van der Waals surface area (Å²) in [5.74, 6) is 0.476. The molecule has 0 aromatic carbocycles. The smallest absolute Gasteiger partial charge is 0.227 e. The lowest BCUT2D eigenvalue weighted by Gasteiger charge is -2.36. The van der Waals surface area contributed by atoms with Crippen molar-refractivity contribution in [3.05, 3.63) is 0 Å². The molecule has 2 unspecified atom stereocenters. The lowest BCUT2D eigenvalue weighted by molar-refractivity contribution is -0.142. The number of piperidine rings is 1. The molecule has 0 bridgehead atoms. The molecular weight excluding hydrogens is 304 g/mol. The number of carbonyl (C=O) groups excluding carboxylic acids is 2. The minimum atomic E-state index is -0.357. The summed E-state index contributed by atoms with van der Waals surface area (Å²) >= 11 is 0. The minimum Gasteiger partial charge on any atom is -0.396 e. The van der Waals surface area contributed by atoms with Crippen molar-refractivity contribution in [3.8, 4) is 0 Å². The Hall–Kier alpha value is -1.10. The fraction of sp³-hybridized carbons (Fsp3) is 0.895. The molecule has 1 aliphatic heterocycles. The standard InChI is InChI=1S/C19H34N2O3/c1-19(2,3)18(24)21-11-9-14(10-12-21)17(23)20-16-8-6-4-5-7-15(16)13-22/h14-16,22H,4-13H2,1-3H3,(H,20,23). The molecule has 2 rings (SSSR count). The van der Waals surface area contributed by atoms with Gasteiger partial charge in [-0.05, 0) is 25.7 Å². The first-order valence-electron chi connectivity index (χ1n) is 9.53. The Balaban J connectivity index is 1.85. The van der Waals surface area contributed by atoms with Crippen LogP contribution in [0.4, 0.5) is 0 Å². The van der Waals surface area contributed by atoms with Gasteiger partial charge in [0.15, 0.2) is 0 Å². The van der Waals surface area contributed by atoms with Gasteiger partial charge in [0.25, 0.3) is 0 Å². The summed E-state index contributed by atoms with van der Waals surface area (Å²) in [5.41, 5.74) is -0.357. The number of nitrogens with one attached hydrogen (secondary N) is 1. The molecular formula is C19H34N2O3. The van der Waals surface area contributed by atoms with E-state index in [4.69, 9.17) is 0 Å². The van der Waals surface area contributed by atoms with Gasteiger partial charge >= 0.3 is 0 Å². The van der Waals surface area contributed by atoms with Crippen LogP contribution in [-0.4, -0.2) is 47.6 Å². The molecule has 2 aliphatic rings. The average Bonchev–Trinajstić information content (AvgIpc) is 2.78. The highest BCUT2D eigenvalue weighted by atomic mass is 16.3. The lowest BCUT2D eigenvalue weighted by Crippen LogP contribution is -2.49. The van der Waals surface area contributed by atoms with Gasteiger partial charge in [0.1, 0.15) is 0 Å². The number of amides is 2. The fourth-order valence-electron chi connectivity index (χ4n) is 3.91. The molecule has 0 spiro atoms. The van der Waals surface area contributed by atoms with Crippen LogP contribution in [0.2, 0.25) is 0 Å². The Kier molecular flexibility index (Phi) is 6.67. The van der Waals surface area contributed by atoms with Crippen LogP contribution in [0, 0.1) is 17.3 Å². The van der Waals surface area contributed by atoms with Gasteiger partial charge in [-0.2, -0.15) is 0 Å². The molecule has 1 saturated heterocycles. The van der Waals surface area contributed by atoms with Crippen LogP contribution in [0.15, 0.2) is 0 Å². The monoisotopic (exact) mass is 338 g/mol. The van der Waals surface area contributed by atoms with Gasteiger partial charge in [0.05, 0.1) is 0 Å². The van der Waals surface area contributed by atoms with Crippen LogP contribution < -0.4 is 5.32 Å². The van der Waals surface area contributed by atoms with Crippen LogP contribution in [0.3, 0.4) is 0 Å². The van der Waals surface area contributed by atoms with Gasteiger partial charge < -0.3 is 15.3 Å².